The molecule has 0 bridgehead atoms. The standard InChI is InChI=1S/C10H8ClF4NO/c11-10(17)16-6-3-1-5(2-4-6)7(12)8(13)9(14)15/h1-4,7-9H,(H,16,17). The minimum Gasteiger partial charge on any atom is -0.312 e. The highest BCUT2D eigenvalue weighted by Crippen LogP contribution is 2.28. The molecule has 1 aromatic rings. The van der Waals surface area contributed by atoms with Crippen LogP contribution in [0.2, 0.25) is 0 Å². The number of hydrogen-bond donors (Lipinski definition) is 1. The fourth-order valence-corrected chi connectivity index (χ4v) is 1.28. The van der Waals surface area contributed by atoms with Gasteiger partial charge < -0.3 is 5.32 Å². The molecule has 0 saturated heterocycles. The van der Waals surface area contributed by atoms with Crippen molar-refractivity contribution in [1.82, 2.24) is 0 Å². The number of alkyl halides is 4. The highest BCUT2D eigenvalue weighted by Gasteiger charge is 2.30. The van der Waals surface area contributed by atoms with Crippen molar-refractivity contribution >= 4 is 22.7 Å². The lowest BCUT2D eigenvalue weighted by molar-refractivity contribution is 0.00281. The summed E-state index contributed by atoms with van der Waals surface area (Å²) in [5.74, 6) is 0. The second-order valence-electron chi connectivity index (χ2n) is 3.20. The van der Waals surface area contributed by atoms with Crippen LogP contribution in [-0.4, -0.2) is 18.0 Å². The highest BCUT2D eigenvalue weighted by molar-refractivity contribution is 6.65. The van der Waals surface area contributed by atoms with Gasteiger partial charge in [0.15, 0.2) is 12.3 Å². The highest BCUT2D eigenvalue weighted by atomic mass is 35.5. The Morgan fingerprint density at radius 1 is 1.12 bits per heavy atom. The number of carbonyl (C=O) groups is 1. The largest absolute Gasteiger partial charge is 0.318 e. The first kappa shape index (κ1) is 13.8. The molecule has 0 aromatic heterocycles. The average molecular weight is 270 g/mol. The van der Waals surface area contributed by atoms with Crippen molar-refractivity contribution in [2.45, 2.75) is 18.8 Å². The van der Waals surface area contributed by atoms with Crippen molar-refractivity contribution in [1.29, 1.82) is 0 Å². The Labute approximate surface area is 99.6 Å². The molecular weight excluding hydrogens is 262 g/mol. The summed E-state index contributed by atoms with van der Waals surface area (Å²) in [6.07, 6.45) is -8.66. The first-order valence-electron chi connectivity index (χ1n) is 4.54. The fourth-order valence-electron chi connectivity index (χ4n) is 1.18. The molecule has 0 aliphatic rings. The minimum atomic E-state index is -3.38. The number of halogens is 5. The molecule has 17 heavy (non-hydrogen) atoms. The van der Waals surface area contributed by atoms with Gasteiger partial charge in [0.1, 0.15) is 0 Å². The van der Waals surface area contributed by atoms with Crippen molar-refractivity contribution in [2.24, 2.45) is 0 Å². The molecule has 0 radical (unpaired) electrons. The summed E-state index contributed by atoms with van der Waals surface area (Å²) in [5, 5.41) is 1.34. The van der Waals surface area contributed by atoms with Gasteiger partial charge in [-0.2, -0.15) is 0 Å². The lowest BCUT2D eigenvalue weighted by Crippen LogP contribution is -2.18. The second kappa shape index (κ2) is 5.86. The third kappa shape index (κ3) is 3.89. The molecule has 0 fully saturated rings. The van der Waals surface area contributed by atoms with Crippen molar-refractivity contribution in [3.63, 3.8) is 0 Å². The summed E-state index contributed by atoms with van der Waals surface area (Å²) in [6, 6.07) is 4.67. The SMILES string of the molecule is O=C(Cl)Nc1ccc(C(F)C(F)C(F)F)cc1. The predicted molar refractivity (Wildman–Crippen MR) is 56.1 cm³/mol. The van der Waals surface area contributed by atoms with E-state index in [1.165, 1.54) is 12.1 Å². The molecule has 0 saturated carbocycles. The fraction of sp³-hybridized carbons (Fsp3) is 0.300. The van der Waals surface area contributed by atoms with Crippen molar-refractivity contribution in [3.8, 4) is 0 Å². The van der Waals surface area contributed by atoms with Gasteiger partial charge in [-0.05, 0) is 29.3 Å². The van der Waals surface area contributed by atoms with E-state index in [1.54, 1.807) is 0 Å². The molecule has 0 heterocycles. The van der Waals surface area contributed by atoms with Crippen LogP contribution in [-0.2, 0) is 0 Å². The average Bonchev–Trinajstić information content (AvgIpc) is 2.27. The van der Waals surface area contributed by atoms with Crippen LogP contribution in [0, 0.1) is 0 Å². The van der Waals surface area contributed by atoms with Gasteiger partial charge in [-0.25, -0.2) is 17.6 Å². The number of amides is 1. The van der Waals surface area contributed by atoms with Crippen LogP contribution in [0.15, 0.2) is 24.3 Å². The maximum atomic E-state index is 13.2. The Hall–Kier alpha value is -1.30. The first-order valence-corrected chi connectivity index (χ1v) is 4.92. The third-order valence-corrected chi connectivity index (χ3v) is 2.09. The molecular formula is C10H8ClF4NO. The predicted octanol–water partition coefficient (Wildman–Crippen LogP) is 4.07. The molecule has 2 unspecified atom stereocenters. The summed E-state index contributed by atoms with van der Waals surface area (Å²) >= 11 is 5.02. The van der Waals surface area contributed by atoms with E-state index in [4.69, 9.17) is 11.6 Å². The molecule has 2 atom stereocenters. The molecule has 0 aliphatic carbocycles. The van der Waals surface area contributed by atoms with Gasteiger partial charge in [0.05, 0.1) is 0 Å². The number of nitrogens with one attached hydrogen (secondary N) is 1. The van der Waals surface area contributed by atoms with Gasteiger partial charge in [-0.15, -0.1) is 0 Å². The van der Waals surface area contributed by atoms with Crippen LogP contribution >= 0.6 is 11.6 Å². The van der Waals surface area contributed by atoms with Crippen LogP contribution in [0.1, 0.15) is 11.7 Å². The van der Waals surface area contributed by atoms with Gasteiger partial charge >= 0.3 is 5.37 Å². The maximum absolute atomic E-state index is 13.2. The van der Waals surface area contributed by atoms with E-state index in [-0.39, 0.29) is 11.3 Å². The molecule has 1 amide bonds. The molecule has 1 N–H and O–H groups in total. The molecule has 94 valence electrons. The van der Waals surface area contributed by atoms with Crippen molar-refractivity contribution < 1.29 is 22.4 Å². The minimum absolute atomic E-state index is 0.231. The Balaban J connectivity index is 2.76. The van der Waals surface area contributed by atoms with E-state index < -0.39 is 24.1 Å². The molecule has 1 rings (SSSR count). The van der Waals surface area contributed by atoms with E-state index in [2.05, 4.69) is 5.32 Å². The van der Waals surface area contributed by atoms with Gasteiger partial charge in [-0.1, -0.05) is 12.1 Å². The second-order valence-corrected chi connectivity index (χ2v) is 3.54. The first-order chi connectivity index (χ1) is 7.91. The van der Waals surface area contributed by atoms with Crippen LogP contribution in [0.3, 0.4) is 0 Å². The number of anilines is 1. The lowest BCUT2D eigenvalue weighted by atomic mass is 10.1. The van der Waals surface area contributed by atoms with Crippen LogP contribution in [0.5, 0.6) is 0 Å². The molecule has 0 aliphatic heterocycles. The number of carbonyl (C=O) groups excluding carboxylic acids is 1. The monoisotopic (exact) mass is 269 g/mol. The van der Waals surface area contributed by atoms with Crippen LogP contribution in [0.25, 0.3) is 0 Å². The van der Waals surface area contributed by atoms with Crippen molar-refractivity contribution in [3.05, 3.63) is 29.8 Å². The molecule has 2 nitrogen and oxygen atoms in total. The summed E-state index contributed by atoms with van der Waals surface area (Å²) in [7, 11) is 0. The van der Waals surface area contributed by atoms with E-state index in [1.807, 2.05) is 0 Å². The van der Waals surface area contributed by atoms with Crippen LogP contribution < -0.4 is 5.32 Å². The summed E-state index contributed by atoms with van der Waals surface area (Å²) < 4.78 is 49.8. The van der Waals surface area contributed by atoms with E-state index >= 15 is 0 Å². The lowest BCUT2D eigenvalue weighted by Gasteiger charge is -2.13. The third-order valence-electron chi connectivity index (χ3n) is 1.99. The van der Waals surface area contributed by atoms with Gasteiger partial charge in [-0.3, -0.25) is 4.79 Å². The smallest absolute Gasteiger partial charge is 0.312 e. The molecule has 1 aromatic carbocycles. The summed E-state index contributed by atoms with van der Waals surface area (Å²) in [6.45, 7) is 0. The van der Waals surface area contributed by atoms with E-state index in [0.717, 1.165) is 12.1 Å². The van der Waals surface area contributed by atoms with Gasteiger partial charge in [0.2, 0.25) is 0 Å². The quantitative estimate of drug-likeness (QED) is 0.498. The van der Waals surface area contributed by atoms with Gasteiger partial charge in [0, 0.05) is 5.69 Å². The van der Waals surface area contributed by atoms with Gasteiger partial charge in [0.25, 0.3) is 6.43 Å². The zero-order valence-electron chi connectivity index (χ0n) is 8.34. The Morgan fingerprint density at radius 3 is 2.06 bits per heavy atom. The molecule has 7 heteroatoms. The Bertz CT molecular complexity index is 384. The normalized spacial score (nSPS) is 14.5. The Morgan fingerprint density at radius 2 is 1.65 bits per heavy atom. The topological polar surface area (TPSA) is 29.1 Å². The number of hydrogen-bond acceptors (Lipinski definition) is 1. The van der Waals surface area contributed by atoms with Crippen molar-refractivity contribution in [2.75, 3.05) is 5.32 Å². The van der Waals surface area contributed by atoms with E-state index in [0.29, 0.717) is 0 Å². The Kier molecular flexibility index (Phi) is 4.74. The summed E-state index contributed by atoms with van der Waals surface area (Å²) in [4.78, 5) is 10.5. The van der Waals surface area contributed by atoms with Crippen LogP contribution in [0.4, 0.5) is 28.0 Å². The zero-order valence-corrected chi connectivity index (χ0v) is 9.10. The zero-order chi connectivity index (χ0) is 13.0. The maximum Gasteiger partial charge on any atom is 0.318 e. The van der Waals surface area contributed by atoms with E-state index in [9.17, 15) is 22.4 Å². The summed E-state index contributed by atoms with van der Waals surface area (Å²) in [5.41, 5.74) is 0.0266. The molecule has 0 spiro atoms. The number of benzene rings is 1. The number of rotatable bonds is 4.